The molecule has 0 aromatic heterocycles. The van der Waals surface area contributed by atoms with Crippen LogP contribution in [-0.4, -0.2) is 51.8 Å². The van der Waals surface area contributed by atoms with Crippen LogP contribution in [0, 0.1) is 0 Å². The second kappa shape index (κ2) is 7.47. The number of nitrogens with one attached hydrogen (secondary N) is 2. The number of likely N-dealkylation sites (N-methyl/N-ethyl adjacent to an activating group) is 2. The number of hydrogen-bond donors (Lipinski definition) is 2. The molecule has 0 aliphatic carbocycles. The highest BCUT2D eigenvalue weighted by molar-refractivity contribution is 6.20. The van der Waals surface area contributed by atoms with E-state index < -0.39 is 10.8 Å². The molecule has 32 heavy (non-hydrogen) atoms. The van der Waals surface area contributed by atoms with Gasteiger partial charge in [0.25, 0.3) is 0 Å². The zero-order chi connectivity index (χ0) is 23.3. The van der Waals surface area contributed by atoms with Gasteiger partial charge in [0.05, 0.1) is 0 Å². The first-order valence-corrected chi connectivity index (χ1v) is 10.4. The van der Waals surface area contributed by atoms with Crippen molar-refractivity contribution in [2.45, 2.75) is 23.7 Å². The van der Waals surface area contributed by atoms with Crippen molar-refractivity contribution in [1.29, 1.82) is 0 Å². The third-order valence-electron chi connectivity index (χ3n) is 6.93. The topological polar surface area (TPSA) is 98.8 Å². The normalized spacial score (nSPS) is 23.8. The lowest BCUT2D eigenvalue weighted by Crippen LogP contribution is -2.62. The molecule has 0 saturated heterocycles. The van der Waals surface area contributed by atoms with Crippen molar-refractivity contribution in [1.82, 2.24) is 10.6 Å². The third kappa shape index (κ3) is 2.55. The molecule has 166 valence electrons. The summed E-state index contributed by atoms with van der Waals surface area (Å²) in [6, 6.07) is 14.3. The molecule has 8 nitrogen and oxygen atoms in total. The van der Waals surface area contributed by atoms with Gasteiger partial charge in [-0.05, 0) is 23.3 Å². The van der Waals surface area contributed by atoms with E-state index in [0.29, 0.717) is 22.5 Å². The third-order valence-corrected chi connectivity index (χ3v) is 6.93. The molecule has 4 amide bonds. The first-order chi connectivity index (χ1) is 15.3. The minimum absolute atomic E-state index is 0.269. The summed E-state index contributed by atoms with van der Waals surface area (Å²) in [5.41, 5.74) is -0.807. The summed E-state index contributed by atoms with van der Waals surface area (Å²) in [5, 5.41) is 5.21. The number of carbonyl (C=O) groups is 4. The second-order valence-electron chi connectivity index (χ2n) is 8.27. The highest BCUT2D eigenvalue weighted by atomic mass is 16.2. The van der Waals surface area contributed by atoms with Gasteiger partial charge in [0, 0.05) is 52.4 Å². The standard InChI is InChI=1S/C24H26N4O4/c1-25-19(29)13-23(15-9-5-7-11-17(15)27(3)21(23)31)24(14-20(30)26-2)16-10-6-8-12-18(16)28(4)22(24)32/h5-12H,13-14H2,1-4H3,(H,25,29)(H,26,30)/t23-,24-/m0/s1. The summed E-state index contributed by atoms with van der Waals surface area (Å²) in [7, 11) is 6.25. The molecule has 8 heteroatoms. The van der Waals surface area contributed by atoms with Crippen LogP contribution in [0.1, 0.15) is 24.0 Å². The van der Waals surface area contributed by atoms with Crippen molar-refractivity contribution in [3.63, 3.8) is 0 Å². The van der Waals surface area contributed by atoms with E-state index in [-0.39, 0.29) is 36.5 Å². The van der Waals surface area contributed by atoms with E-state index >= 15 is 0 Å². The van der Waals surface area contributed by atoms with Gasteiger partial charge in [-0.15, -0.1) is 0 Å². The minimum atomic E-state index is -1.59. The number of rotatable bonds is 5. The zero-order valence-electron chi connectivity index (χ0n) is 18.6. The highest BCUT2D eigenvalue weighted by Gasteiger charge is 2.70. The van der Waals surface area contributed by atoms with Gasteiger partial charge < -0.3 is 20.4 Å². The second-order valence-corrected chi connectivity index (χ2v) is 8.27. The van der Waals surface area contributed by atoms with E-state index in [1.165, 1.54) is 23.9 Å². The van der Waals surface area contributed by atoms with Crippen LogP contribution in [0.25, 0.3) is 0 Å². The fourth-order valence-corrected chi connectivity index (χ4v) is 5.40. The molecule has 4 rings (SSSR count). The molecule has 2 heterocycles. The van der Waals surface area contributed by atoms with Crippen molar-refractivity contribution >= 4 is 35.0 Å². The van der Waals surface area contributed by atoms with Gasteiger partial charge in [-0.1, -0.05) is 36.4 Å². The monoisotopic (exact) mass is 434 g/mol. The SMILES string of the molecule is CNC(=O)C[C@@]1([C@]2(CC(=O)NC)C(=O)N(C)c3ccccc32)C(=O)N(C)c2ccccc21. The van der Waals surface area contributed by atoms with Crippen molar-refractivity contribution < 1.29 is 19.2 Å². The molecule has 2 aliphatic rings. The number of hydrogen-bond acceptors (Lipinski definition) is 4. The summed E-state index contributed by atoms with van der Waals surface area (Å²) in [6.45, 7) is 0. The molecule has 0 fully saturated rings. The Morgan fingerprint density at radius 3 is 1.41 bits per heavy atom. The van der Waals surface area contributed by atoms with Crippen LogP contribution in [0.4, 0.5) is 11.4 Å². The van der Waals surface area contributed by atoms with Gasteiger partial charge in [-0.25, -0.2) is 0 Å². The average molecular weight is 434 g/mol. The maximum absolute atomic E-state index is 14.1. The van der Waals surface area contributed by atoms with Crippen molar-refractivity contribution in [3.05, 3.63) is 59.7 Å². The molecule has 0 bridgehead atoms. The number of carbonyl (C=O) groups excluding carboxylic acids is 4. The predicted octanol–water partition coefficient (Wildman–Crippen LogP) is 1.09. The Hall–Kier alpha value is -3.68. The Labute approximate surface area is 186 Å². The highest BCUT2D eigenvalue weighted by Crippen LogP contribution is 2.60. The van der Waals surface area contributed by atoms with Crippen LogP contribution >= 0.6 is 0 Å². The van der Waals surface area contributed by atoms with Crippen LogP contribution in [-0.2, 0) is 30.0 Å². The predicted molar refractivity (Wildman–Crippen MR) is 120 cm³/mol. The minimum Gasteiger partial charge on any atom is -0.359 e. The molecule has 2 aromatic rings. The Morgan fingerprint density at radius 2 is 1.06 bits per heavy atom. The molecule has 0 unspecified atom stereocenters. The van der Waals surface area contributed by atoms with Crippen LogP contribution < -0.4 is 20.4 Å². The number of anilines is 2. The molecule has 2 aromatic carbocycles. The fourth-order valence-electron chi connectivity index (χ4n) is 5.40. The van der Waals surface area contributed by atoms with E-state index in [1.54, 1.807) is 62.6 Å². The van der Waals surface area contributed by atoms with E-state index in [4.69, 9.17) is 0 Å². The van der Waals surface area contributed by atoms with E-state index in [1.807, 2.05) is 0 Å². The fraction of sp³-hybridized carbons (Fsp3) is 0.333. The maximum atomic E-state index is 14.1. The van der Waals surface area contributed by atoms with Crippen LogP contribution in [0.3, 0.4) is 0 Å². The van der Waals surface area contributed by atoms with Crippen molar-refractivity contribution in [3.8, 4) is 0 Å². The smallest absolute Gasteiger partial charge is 0.239 e. The largest absolute Gasteiger partial charge is 0.359 e. The lowest BCUT2D eigenvalue weighted by Gasteiger charge is -2.43. The van der Waals surface area contributed by atoms with Crippen molar-refractivity contribution in [2.24, 2.45) is 0 Å². The molecule has 0 spiro atoms. The van der Waals surface area contributed by atoms with Crippen LogP contribution in [0.5, 0.6) is 0 Å². The maximum Gasteiger partial charge on any atom is 0.239 e. The number of benzene rings is 2. The van der Waals surface area contributed by atoms with Gasteiger partial charge >= 0.3 is 0 Å². The molecule has 2 N–H and O–H groups in total. The van der Waals surface area contributed by atoms with Crippen molar-refractivity contribution in [2.75, 3.05) is 38.0 Å². The Bertz CT molecular complexity index is 1060. The van der Waals surface area contributed by atoms with Gasteiger partial charge in [-0.2, -0.15) is 0 Å². The van der Waals surface area contributed by atoms with Crippen LogP contribution in [0.15, 0.2) is 48.5 Å². The number of amides is 4. The average Bonchev–Trinajstić information content (AvgIpc) is 3.16. The molecule has 2 atom stereocenters. The van der Waals surface area contributed by atoms with E-state index in [0.717, 1.165) is 0 Å². The summed E-state index contributed by atoms with van der Waals surface area (Å²) >= 11 is 0. The molecular formula is C24H26N4O4. The Morgan fingerprint density at radius 1 is 0.719 bits per heavy atom. The molecular weight excluding hydrogens is 408 g/mol. The number of para-hydroxylation sites is 2. The van der Waals surface area contributed by atoms with Gasteiger partial charge in [0.1, 0.15) is 10.8 Å². The zero-order valence-corrected chi connectivity index (χ0v) is 18.6. The first kappa shape index (κ1) is 21.5. The lowest BCUT2D eigenvalue weighted by molar-refractivity contribution is -0.140. The number of nitrogens with zero attached hydrogens (tertiary/aromatic N) is 2. The van der Waals surface area contributed by atoms with E-state index in [2.05, 4.69) is 10.6 Å². The lowest BCUT2D eigenvalue weighted by atomic mass is 9.54. The Kier molecular flexibility index (Phi) is 5.03. The van der Waals surface area contributed by atoms with Crippen LogP contribution in [0.2, 0.25) is 0 Å². The Balaban J connectivity index is 2.15. The van der Waals surface area contributed by atoms with Gasteiger partial charge in [0.2, 0.25) is 23.6 Å². The summed E-state index contributed by atoms with van der Waals surface area (Å²) in [6.07, 6.45) is -0.539. The molecule has 2 aliphatic heterocycles. The summed E-state index contributed by atoms with van der Waals surface area (Å²) in [4.78, 5) is 56.9. The quantitative estimate of drug-likeness (QED) is 0.736. The van der Waals surface area contributed by atoms with Gasteiger partial charge in [0.15, 0.2) is 0 Å². The molecule has 0 saturated carbocycles. The molecule has 0 radical (unpaired) electrons. The number of fused-ring (bicyclic) bond motifs is 2. The first-order valence-electron chi connectivity index (χ1n) is 10.4. The van der Waals surface area contributed by atoms with E-state index in [9.17, 15) is 19.2 Å². The summed E-state index contributed by atoms with van der Waals surface area (Å²) in [5.74, 6) is -1.55. The van der Waals surface area contributed by atoms with Gasteiger partial charge in [-0.3, -0.25) is 19.2 Å². The summed E-state index contributed by atoms with van der Waals surface area (Å²) < 4.78 is 0.